The Balaban J connectivity index is 1.89. The first kappa shape index (κ1) is 11.1. The molecule has 0 N–H and O–H groups in total. The van der Waals surface area contributed by atoms with Gasteiger partial charge in [0.25, 0.3) is 0 Å². The Kier molecular flexibility index (Phi) is 3.45. The molecule has 2 heteroatoms. The summed E-state index contributed by atoms with van der Waals surface area (Å²) in [4.78, 5) is 14.3. The van der Waals surface area contributed by atoms with Crippen molar-refractivity contribution < 1.29 is 4.79 Å². The minimum atomic E-state index is 0.342. The van der Waals surface area contributed by atoms with Gasteiger partial charge in [-0.2, -0.15) is 0 Å². The van der Waals surface area contributed by atoms with Gasteiger partial charge in [0.1, 0.15) is 5.78 Å². The first-order valence-corrected chi connectivity index (χ1v) is 6.43. The highest BCUT2D eigenvalue weighted by atomic mass is 16.1. The zero-order valence-corrected chi connectivity index (χ0v) is 10.0. The van der Waals surface area contributed by atoms with Crippen LogP contribution in [0.1, 0.15) is 46.0 Å². The second-order valence-electron chi connectivity index (χ2n) is 5.53. The molecule has 0 radical (unpaired) electrons. The maximum absolute atomic E-state index is 11.8. The Labute approximate surface area is 93.0 Å². The minimum Gasteiger partial charge on any atom is -0.300 e. The highest BCUT2D eigenvalue weighted by Crippen LogP contribution is 2.28. The molecule has 1 saturated heterocycles. The Morgan fingerprint density at radius 2 is 2.13 bits per heavy atom. The van der Waals surface area contributed by atoms with Crippen molar-refractivity contribution in [1.29, 1.82) is 0 Å². The van der Waals surface area contributed by atoms with Gasteiger partial charge in [0, 0.05) is 24.9 Å². The van der Waals surface area contributed by atoms with Crippen LogP contribution in [0, 0.1) is 11.8 Å². The fourth-order valence-electron chi connectivity index (χ4n) is 3.05. The third kappa shape index (κ3) is 2.60. The molecule has 2 rings (SSSR count). The van der Waals surface area contributed by atoms with Crippen LogP contribution < -0.4 is 0 Å². The smallest absolute Gasteiger partial charge is 0.137 e. The summed E-state index contributed by atoms with van der Waals surface area (Å²) in [5, 5.41) is 0. The van der Waals surface area contributed by atoms with Gasteiger partial charge in [-0.05, 0) is 45.1 Å². The number of carbonyl (C=O) groups excluding carboxylic acids is 1. The molecule has 0 aromatic heterocycles. The van der Waals surface area contributed by atoms with E-state index >= 15 is 0 Å². The number of likely N-dealkylation sites (tertiary alicyclic amines) is 1. The van der Waals surface area contributed by atoms with Crippen molar-refractivity contribution >= 4 is 5.78 Å². The van der Waals surface area contributed by atoms with E-state index < -0.39 is 0 Å². The normalized spacial score (nSPS) is 38.5. The van der Waals surface area contributed by atoms with Gasteiger partial charge < -0.3 is 0 Å². The van der Waals surface area contributed by atoms with Crippen LogP contribution >= 0.6 is 0 Å². The first-order valence-electron chi connectivity index (χ1n) is 6.43. The quantitative estimate of drug-likeness (QED) is 0.696. The highest BCUT2D eigenvalue weighted by Gasteiger charge is 2.30. The molecule has 3 atom stereocenters. The van der Waals surface area contributed by atoms with E-state index in [1.807, 2.05) is 0 Å². The summed E-state index contributed by atoms with van der Waals surface area (Å²) in [5.74, 6) is 1.62. The maximum atomic E-state index is 11.8. The molecule has 1 heterocycles. The molecular formula is C13H23NO. The number of rotatable bonds is 2. The van der Waals surface area contributed by atoms with Crippen molar-refractivity contribution in [2.75, 3.05) is 13.1 Å². The number of hydrogen-bond donors (Lipinski definition) is 0. The molecule has 1 saturated carbocycles. The van der Waals surface area contributed by atoms with Crippen LogP contribution in [0.15, 0.2) is 0 Å². The van der Waals surface area contributed by atoms with Crippen LogP contribution in [0.25, 0.3) is 0 Å². The second kappa shape index (κ2) is 4.65. The van der Waals surface area contributed by atoms with E-state index in [-0.39, 0.29) is 0 Å². The lowest BCUT2D eigenvalue weighted by molar-refractivity contribution is -0.126. The summed E-state index contributed by atoms with van der Waals surface area (Å²) < 4.78 is 0. The molecule has 86 valence electrons. The van der Waals surface area contributed by atoms with Crippen molar-refractivity contribution in [2.24, 2.45) is 11.8 Å². The van der Waals surface area contributed by atoms with Gasteiger partial charge in [0.05, 0.1) is 0 Å². The van der Waals surface area contributed by atoms with Crippen LogP contribution in [-0.2, 0) is 4.79 Å². The van der Waals surface area contributed by atoms with Gasteiger partial charge in [-0.3, -0.25) is 9.69 Å². The third-order valence-corrected chi connectivity index (χ3v) is 4.17. The number of hydrogen-bond acceptors (Lipinski definition) is 2. The number of carbonyl (C=O) groups is 1. The molecule has 15 heavy (non-hydrogen) atoms. The standard InChI is InChI=1S/C13H23NO/c1-10-5-6-13(15)12(8-10)9-14-7-3-4-11(14)2/h10-12H,3-9H2,1-2H3. The monoisotopic (exact) mass is 209 g/mol. The van der Waals surface area contributed by atoms with E-state index in [9.17, 15) is 4.79 Å². The molecule has 0 bridgehead atoms. The van der Waals surface area contributed by atoms with Crippen molar-refractivity contribution in [1.82, 2.24) is 4.90 Å². The number of nitrogens with zero attached hydrogens (tertiary/aromatic N) is 1. The van der Waals surface area contributed by atoms with E-state index in [4.69, 9.17) is 0 Å². The lowest BCUT2D eigenvalue weighted by atomic mass is 9.81. The maximum Gasteiger partial charge on any atom is 0.137 e. The lowest BCUT2D eigenvalue weighted by Gasteiger charge is -2.31. The molecule has 0 spiro atoms. The van der Waals surface area contributed by atoms with Gasteiger partial charge in [-0.15, -0.1) is 0 Å². The van der Waals surface area contributed by atoms with Crippen molar-refractivity contribution in [2.45, 2.75) is 52.0 Å². The molecule has 2 aliphatic rings. The summed E-state index contributed by atoms with van der Waals surface area (Å²) in [6.45, 7) is 6.82. The second-order valence-corrected chi connectivity index (χ2v) is 5.53. The molecular weight excluding hydrogens is 186 g/mol. The van der Waals surface area contributed by atoms with Gasteiger partial charge >= 0.3 is 0 Å². The Morgan fingerprint density at radius 1 is 1.33 bits per heavy atom. The van der Waals surface area contributed by atoms with E-state index in [0.29, 0.717) is 17.7 Å². The molecule has 2 fully saturated rings. The van der Waals surface area contributed by atoms with Crippen molar-refractivity contribution in [3.05, 3.63) is 0 Å². The predicted molar refractivity (Wildman–Crippen MR) is 61.8 cm³/mol. The molecule has 1 aliphatic heterocycles. The number of Topliss-reactive ketones (excluding diaryl/α,β-unsaturated/α-hetero) is 1. The molecule has 3 unspecified atom stereocenters. The van der Waals surface area contributed by atoms with Gasteiger partial charge in [-0.25, -0.2) is 0 Å². The van der Waals surface area contributed by atoms with E-state index in [2.05, 4.69) is 18.7 Å². The molecule has 0 aromatic carbocycles. The topological polar surface area (TPSA) is 20.3 Å². The summed E-state index contributed by atoms with van der Waals surface area (Å²) in [6.07, 6.45) is 5.70. The van der Waals surface area contributed by atoms with Gasteiger partial charge in [0.15, 0.2) is 0 Å². The van der Waals surface area contributed by atoms with Crippen LogP contribution in [0.4, 0.5) is 0 Å². The van der Waals surface area contributed by atoms with Crippen LogP contribution in [0.5, 0.6) is 0 Å². The summed E-state index contributed by atoms with van der Waals surface area (Å²) in [7, 11) is 0. The Morgan fingerprint density at radius 3 is 2.80 bits per heavy atom. The average molecular weight is 209 g/mol. The fraction of sp³-hybridized carbons (Fsp3) is 0.923. The fourth-order valence-corrected chi connectivity index (χ4v) is 3.05. The van der Waals surface area contributed by atoms with Crippen molar-refractivity contribution in [3.63, 3.8) is 0 Å². The SMILES string of the molecule is CC1CCC(=O)C(CN2CCCC2C)C1. The lowest BCUT2D eigenvalue weighted by Crippen LogP contribution is -2.37. The highest BCUT2D eigenvalue weighted by molar-refractivity contribution is 5.81. The van der Waals surface area contributed by atoms with Gasteiger partial charge in [-0.1, -0.05) is 6.92 Å². The van der Waals surface area contributed by atoms with Crippen LogP contribution in [-0.4, -0.2) is 29.8 Å². The Hall–Kier alpha value is -0.370. The van der Waals surface area contributed by atoms with Crippen LogP contribution in [0.2, 0.25) is 0 Å². The van der Waals surface area contributed by atoms with Crippen LogP contribution in [0.3, 0.4) is 0 Å². The molecule has 0 amide bonds. The Bertz CT molecular complexity index is 239. The predicted octanol–water partition coefficient (Wildman–Crippen LogP) is 2.48. The average Bonchev–Trinajstić information content (AvgIpc) is 2.58. The molecule has 1 aliphatic carbocycles. The largest absolute Gasteiger partial charge is 0.300 e. The van der Waals surface area contributed by atoms with Crippen molar-refractivity contribution in [3.8, 4) is 0 Å². The zero-order chi connectivity index (χ0) is 10.8. The van der Waals surface area contributed by atoms with E-state index in [0.717, 1.165) is 31.7 Å². The third-order valence-electron chi connectivity index (χ3n) is 4.17. The summed E-state index contributed by atoms with van der Waals surface area (Å²) in [5.41, 5.74) is 0. The molecule has 2 nitrogen and oxygen atoms in total. The van der Waals surface area contributed by atoms with E-state index in [1.54, 1.807) is 0 Å². The zero-order valence-electron chi connectivity index (χ0n) is 10.0. The molecule has 0 aromatic rings. The summed E-state index contributed by atoms with van der Waals surface area (Å²) in [6, 6.07) is 0.704. The van der Waals surface area contributed by atoms with E-state index in [1.165, 1.54) is 19.4 Å². The number of ketones is 1. The first-order chi connectivity index (χ1) is 7.16. The van der Waals surface area contributed by atoms with Gasteiger partial charge in [0.2, 0.25) is 0 Å². The minimum absolute atomic E-state index is 0.342. The summed E-state index contributed by atoms with van der Waals surface area (Å²) >= 11 is 0.